The second kappa shape index (κ2) is 7.68. The lowest BCUT2D eigenvalue weighted by Crippen LogP contribution is -2.06. The minimum atomic E-state index is 0.764. The maximum Gasteiger partial charge on any atom is 0.139 e. The van der Waals surface area contributed by atoms with Gasteiger partial charge < -0.3 is 4.57 Å². The molecule has 1 aliphatic heterocycles. The number of hydrogen-bond donors (Lipinski definition) is 0. The first-order chi connectivity index (χ1) is 13.9. The molecular weight excluding hydrogens is 364 g/mol. The molecule has 2 aromatic heterocycles. The van der Waals surface area contributed by atoms with Crippen LogP contribution >= 0.6 is 11.3 Å². The van der Waals surface area contributed by atoms with E-state index in [2.05, 4.69) is 68.7 Å². The fourth-order valence-corrected chi connectivity index (χ4v) is 4.60. The summed E-state index contributed by atoms with van der Waals surface area (Å²) in [7, 11) is 0. The third kappa shape index (κ3) is 3.50. The molecule has 1 aliphatic rings. The smallest absolute Gasteiger partial charge is 0.139 e. The lowest BCUT2D eigenvalue weighted by Gasteiger charge is -2.05. The molecule has 0 fully saturated rings. The van der Waals surface area contributed by atoms with Crippen LogP contribution in [0.15, 0.2) is 60.0 Å². The fourth-order valence-electron chi connectivity index (χ4n) is 3.80. The molecule has 0 amide bonds. The summed E-state index contributed by atoms with van der Waals surface area (Å²) in [5.41, 5.74) is 4.66. The molecule has 5 rings (SSSR count). The molecule has 0 aliphatic carbocycles. The van der Waals surface area contributed by atoms with Crippen molar-refractivity contribution in [3.63, 3.8) is 0 Å². The van der Waals surface area contributed by atoms with Crippen molar-refractivity contribution >= 4 is 11.3 Å². The minimum Gasteiger partial charge on any atom is -0.315 e. The van der Waals surface area contributed by atoms with Crippen molar-refractivity contribution in [3.05, 3.63) is 76.6 Å². The number of nitrogens with zero attached hydrogens (tertiary/aromatic N) is 4. The van der Waals surface area contributed by atoms with E-state index in [0.717, 1.165) is 47.3 Å². The van der Waals surface area contributed by atoms with E-state index < -0.39 is 0 Å². The second-order valence-corrected chi connectivity index (χ2v) is 8.18. The number of aryl methyl sites for hydroxylation is 1. The van der Waals surface area contributed by atoms with Gasteiger partial charge >= 0.3 is 0 Å². The van der Waals surface area contributed by atoms with Crippen LogP contribution in [0, 0.1) is 0 Å². The van der Waals surface area contributed by atoms with Gasteiger partial charge in [-0.05, 0) is 24.0 Å². The van der Waals surface area contributed by atoms with Crippen LogP contribution in [0.1, 0.15) is 35.9 Å². The molecule has 0 radical (unpaired) electrons. The minimum absolute atomic E-state index is 0.764. The Balaban J connectivity index is 1.35. The van der Waals surface area contributed by atoms with Crippen LogP contribution in [-0.2, 0) is 19.4 Å². The zero-order valence-corrected chi connectivity index (χ0v) is 16.5. The molecule has 3 heterocycles. The molecule has 0 atom stereocenters. The largest absolute Gasteiger partial charge is 0.315 e. The van der Waals surface area contributed by atoms with E-state index >= 15 is 0 Å². The molecule has 0 bridgehead atoms. The summed E-state index contributed by atoms with van der Waals surface area (Å²) < 4.78 is 2.31. The van der Waals surface area contributed by atoms with Gasteiger partial charge in [0.05, 0.1) is 12.1 Å². The van der Waals surface area contributed by atoms with E-state index in [1.165, 1.54) is 30.4 Å². The summed E-state index contributed by atoms with van der Waals surface area (Å²) in [5, 5.41) is 12.1. The van der Waals surface area contributed by atoms with E-state index in [0.29, 0.717) is 0 Å². The summed E-state index contributed by atoms with van der Waals surface area (Å²) in [6, 6.07) is 19.1. The van der Waals surface area contributed by atoms with Crippen LogP contribution in [0.4, 0.5) is 0 Å². The summed E-state index contributed by atoms with van der Waals surface area (Å²) >= 11 is 1.71. The number of fused-ring (bicyclic) bond motifs is 1. The van der Waals surface area contributed by atoms with Gasteiger partial charge in [0.1, 0.15) is 16.7 Å². The Morgan fingerprint density at radius 3 is 2.46 bits per heavy atom. The molecule has 140 valence electrons. The Morgan fingerprint density at radius 1 is 0.821 bits per heavy atom. The van der Waals surface area contributed by atoms with Gasteiger partial charge in [-0.1, -0.05) is 61.0 Å². The van der Waals surface area contributed by atoms with Crippen molar-refractivity contribution in [2.45, 2.75) is 38.6 Å². The van der Waals surface area contributed by atoms with E-state index in [1.54, 1.807) is 11.3 Å². The molecule has 0 spiro atoms. The second-order valence-electron chi connectivity index (χ2n) is 7.24. The Labute approximate surface area is 168 Å². The van der Waals surface area contributed by atoms with Crippen LogP contribution in [-0.4, -0.2) is 19.7 Å². The number of rotatable bonds is 4. The van der Waals surface area contributed by atoms with E-state index in [9.17, 15) is 0 Å². The highest BCUT2D eigenvalue weighted by atomic mass is 32.1. The van der Waals surface area contributed by atoms with Crippen molar-refractivity contribution in [3.8, 4) is 22.4 Å². The molecule has 4 aromatic rings. The van der Waals surface area contributed by atoms with Crippen molar-refractivity contribution in [1.82, 2.24) is 19.7 Å². The first-order valence-electron chi connectivity index (χ1n) is 9.88. The van der Waals surface area contributed by atoms with Crippen LogP contribution in [0.5, 0.6) is 0 Å². The topological polar surface area (TPSA) is 43.6 Å². The standard InChI is InChI=1S/C23H22N4S/c1-3-7-17(8-4-1)18-10-12-19(13-11-18)20-16-28-23(24-20)15-22-26-25-21-9-5-2-6-14-27(21)22/h1,3-4,7-8,10-13,16H,2,5-6,9,14-15H2. The number of thiazole rings is 1. The van der Waals surface area contributed by atoms with Crippen molar-refractivity contribution in [2.24, 2.45) is 0 Å². The maximum absolute atomic E-state index is 4.87. The van der Waals surface area contributed by atoms with Gasteiger partial charge in [0, 0.05) is 23.9 Å². The normalized spacial score (nSPS) is 13.9. The molecular formula is C23H22N4S. The summed E-state index contributed by atoms with van der Waals surface area (Å²) in [5.74, 6) is 2.19. The monoisotopic (exact) mass is 386 g/mol. The highest BCUT2D eigenvalue weighted by molar-refractivity contribution is 7.10. The van der Waals surface area contributed by atoms with Crippen LogP contribution in [0.25, 0.3) is 22.4 Å². The van der Waals surface area contributed by atoms with Crippen LogP contribution in [0.2, 0.25) is 0 Å². The summed E-state index contributed by atoms with van der Waals surface area (Å²) in [6.45, 7) is 1.04. The van der Waals surface area contributed by atoms with Gasteiger partial charge in [-0.15, -0.1) is 21.5 Å². The van der Waals surface area contributed by atoms with Crippen molar-refractivity contribution in [1.29, 1.82) is 0 Å². The van der Waals surface area contributed by atoms with Gasteiger partial charge in [-0.2, -0.15) is 0 Å². The van der Waals surface area contributed by atoms with Gasteiger partial charge in [0.25, 0.3) is 0 Å². The molecule has 0 saturated carbocycles. The van der Waals surface area contributed by atoms with Gasteiger partial charge in [0.2, 0.25) is 0 Å². The van der Waals surface area contributed by atoms with Gasteiger partial charge in [-0.25, -0.2) is 4.98 Å². The number of aromatic nitrogens is 4. The van der Waals surface area contributed by atoms with E-state index in [4.69, 9.17) is 4.98 Å². The predicted octanol–water partition coefficient (Wildman–Crippen LogP) is 5.39. The molecule has 5 heteroatoms. The zero-order valence-electron chi connectivity index (χ0n) is 15.7. The molecule has 0 unspecified atom stereocenters. The van der Waals surface area contributed by atoms with Gasteiger partial charge in [-0.3, -0.25) is 0 Å². The Kier molecular flexibility index (Phi) is 4.75. The first-order valence-corrected chi connectivity index (χ1v) is 10.8. The first kappa shape index (κ1) is 17.3. The number of hydrogen-bond acceptors (Lipinski definition) is 4. The summed E-state index contributed by atoms with van der Waals surface area (Å²) in [6.07, 6.45) is 5.53. The number of benzene rings is 2. The Hall–Kier alpha value is -2.79. The quantitative estimate of drug-likeness (QED) is 0.472. The Bertz CT molecular complexity index is 1060. The third-order valence-electron chi connectivity index (χ3n) is 5.33. The molecule has 0 saturated heterocycles. The van der Waals surface area contributed by atoms with Crippen LogP contribution < -0.4 is 0 Å². The molecule has 2 aromatic carbocycles. The SMILES string of the molecule is c1ccc(-c2ccc(-c3csc(Cc4nnc5n4CCCCC5)n3)cc2)cc1. The fraction of sp³-hybridized carbons (Fsp3) is 0.261. The lowest BCUT2D eigenvalue weighted by molar-refractivity contribution is 0.611. The molecule has 0 N–H and O–H groups in total. The molecule has 4 nitrogen and oxygen atoms in total. The van der Waals surface area contributed by atoms with Gasteiger partial charge in [0.15, 0.2) is 0 Å². The van der Waals surface area contributed by atoms with Crippen molar-refractivity contribution in [2.75, 3.05) is 0 Å². The maximum atomic E-state index is 4.87. The Morgan fingerprint density at radius 2 is 1.61 bits per heavy atom. The van der Waals surface area contributed by atoms with Crippen molar-refractivity contribution < 1.29 is 0 Å². The van der Waals surface area contributed by atoms with Crippen LogP contribution in [0.3, 0.4) is 0 Å². The highest BCUT2D eigenvalue weighted by Gasteiger charge is 2.16. The predicted molar refractivity (Wildman–Crippen MR) is 113 cm³/mol. The highest BCUT2D eigenvalue weighted by Crippen LogP contribution is 2.27. The summed E-state index contributed by atoms with van der Waals surface area (Å²) in [4.78, 5) is 4.87. The lowest BCUT2D eigenvalue weighted by atomic mass is 10.0. The third-order valence-corrected chi connectivity index (χ3v) is 6.18. The average molecular weight is 387 g/mol. The van der Waals surface area contributed by atoms with E-state index in [-0.39, 0.29) is 0 Å². The van der Waals surface area contributed by atoms with E-state index in [1.807, 2.05) is 6.07 Å². The zero-order chi connectivity index (χ0) is 18.8. The average Bonchev–Trinajstić information content (AvgIpc) is 3.29. The molecule has 28 heavy (non-hydrogen) atoms.